The summed E-state index contributed by atoms with van der Waals surface area (Å²) in [6.07, 6.45) is 7.76. The molecule has 0 bridgehead atoms. The average Bonchev–Trinajstić information content (AvgIpc) is 2.64. The fourth-order valence-corrected chi connectivity index (χ4v) is 4.69. The molecule has 1 unspecified atom stereocenters. The SMILES string of the molecule is CC1CCc2nnc(N3CC(Cn4nc5c(cc4=O)CCCC5)C3)cc2C1. The molecule has 1 atom stereocenters. The number of anilines is 1. The summed E-state index contributed by atoms with van der Waals surface area (Å²) >= 11 is 0. The van der Waals surface area contributed by atoms with Gasteiger partial charge in [-0.1, -0.05) is 6.92 Å². The molecule has 0 radical (unpaired) electrons. The molecule has 2 aliphatic carbocycles. The highest BCUT2D eigenvalue weighted by atomic mass is 16.1. The summed E-state index contributed by atoms with van der Waals surface area (Å²) in [5.41, 5.74) is 4.90. The van der Waals surface area contributed by atoms with Gasteiger partial charge in [-0.25, -0.2) is 4.68 Å². The molecular formula is C21H27N5O. The highest BCUT2D eigenvalue weighted by Gasteiger charge is 2.30. The molecule has 3 aliphatic rings. The third-order valence-electron chi connectivity index (χ3n) is 6.38. The molecule has 5 rings (SSSR count). The lowest BCUT2D eigenvalue weighted by atomic mass is 9.88. The summed E-state index contributed by atoms with van der Waals surface area (Å²) in [6.45, 7) is 4.87. The highest BCUT2D eigenvalue weighted by Crippen LogP contribution is 2.29. The summed E-state index contributed by atoms with van der Waals surface area (Å²) in [6, 6.07) is 4.05. The summed E-state index contributed by atoms with van der Waals surface area (Å²) in [5, 5.41) is 13.6. The van der Waals surface area contributed by atoms with Gasteiger partial charge < -0.3 is 4.90 Å². The van der Waals surface area contributed by atoms with E-state index < -0.39 is 0 Å². The van der Waals surface area contributed by atoms with Crippen LogP contribution in [0.4, 0.5) is 5.82 Å². The predicted octanol–water partition coefficient (Wildman–Crippen LogP) is 2.17. The molecule has 3 heterocycles. The molecule has 27 heavy (non-hydrogen) atoms. The second-order valence-electron chi connectivity index (χ2n) is 8.64. The van der Waals surface area contributed by atoms with Crippen molar-refractivity contribution in [3.8, 4) is 0 Å². The van der Waals surface area contributed by atoms with Gasteiger partial charge in [-0.2, -0.15) is 10.2 Å². The fourth-order valence-electron chi connectivity index (χ4n) is 4.69. The van der Waals surface area contributed by atoms with Gasteiger partial charge in [-0.15, -0.1) is 5.10 Å². The quantitative estimate of drug-likeness (QED) is 0.834. The molecule has 6 nitrogen and oxygen atoms in total. The highest BCUT2D eigenvalue weighted by molar-refractivity contribution is 5.44. The van der Waals surface area contributed by atoms with Crippen LogP contribution in [0.25, 0.3) is 0 Å². The number of aryl methyl sites for hydroxylation is 3. The first-order chi connectivity index (χ1) is 13.2. The van der Waals surface area contributed by atoms with Gasteiger partial charge in [0.2, 0.25) is 0 Å². The van der Waals surface area contributed by atoms with Crippen LogP contribution in [0.1, 0.15) is 48.7 Å². The van der Waals surface area contributed by atoms with Crippen LogP contribution in [-0.4, -0.2) is 33.1 Å². The van der Waals surface area contributed by atoms with E-state index in [2.05, 4.69) is 33.2 Å². The zero-order valence-corrected chi connectivity index (χ0v) is 16.0. The van der Waals surface area contributed by atoms with Gasteiger partial charge in [0.05, 0.1) is 17.9 Å². The number of rotatable bonds is 3. The van der Waals surface area contributed by atoms with Crippen molar-refractivity contribution in [2.24, 2.45) is 11.8 Å². The normalized spacial score (nSPS) is 22.1. The van der Waals surface area contributed by atoms with Crippen molar-refractivity contribution in [2.45, 2.75) is 58.4 Å². The van der Waals surface area contributed by atoms with Gasteiger partial charge in [0, 0.05) is 25.1 Å². The Hall–Kier alpha value is -2.24. The number of nitrogens with zero attached hydrogens (tertiary/aromatic N) is 5. The average molecular weight is 365 g/mol. The minimum Gasteiger partial charge on any atom is -0.354 e. The number of hydrogen-bond acceptors (Lipinski definition) is 5. The van der Waals surface area contributed by atoms with Gasteiger partial charge in [-0.05, 0) is 68.1 Å². The molecule has 6 heteroatoms. The Morgan fingerprint density at radius 2 is 1.89 bits per heavy atom. The van der Waals surface area contributed by atoms with Gasteiger partial charge in [0.15, 0.2) is 5.82 Å². The number of aromatic nitrogens is 4. The molecule has 0 spiro atoms. The molecule has 0 saturated carbocycles. The summed E-state index contributed by atoms with van der Waals surface area (Å²) < 4.78 is 1.69. The predicted molar refractivity (Wildman–Crippen MR) is 104 cm³/mol. The van der Waals surface area contributed by atoms with Crippen molar-refractivity contribution in [3.05, 3.63) is 45.0 Å². The van der Waals surface area contributed by atoms with E-state index in [1.807, 2.05) is 6.07 Å². The Bertz CT molecular complexity index is 915. The van der Waals surface area contributed by atoms with Gasteiger partial charge >= 0.3 is 0 Å². The maximum absolute atomic E-state index is 12.4. The molecule has 1 aliphatic heterocycles. The maximum atomic E-state index is 12.4. The third kappa shape index (κ3) is 3.26. The first kappa shape index (κ1) is 16.9. The lowest BCUT2D eigenvalue weighted by molar-refractivity contribution is 0.329. The van der Waals surface area contributed by atoms with Crippen molar-refractivity contribution in [2.75, 3.05) is 18.0 Å². The molecule has 1 saturated heterocycles. The Morgan fingerprint density at radius 1 is 1.04 bits per heavy atom. The van der Waals surface area contributed by atoms with Gasteiger partial charge in [0.1, 0.15) is 0 Å². The smallest absolute Gasteiger partial charge is 0.267 e. The van der Waals surface area contributed by atoms with Crippen molar-refractivity contribution in [3.63, 3.8) is 0 Å². The van der Waals surface area contributed by atoms with Crippen molar-refractivity contribution in [1.82, 2.24) is 20.0 Å². The van der Waals surface area contributed by atoms with Crippen molar-refractivity contribution in [1.29, 1.82) is 0 Å². The molecule has 0 aromatic carbocycles. The second-order valence-corrected chi connectivity index (χ2v) is 8.64. The van der Waals surface area contributed by atoms with E-state index >= 15 is 0 Å². The first-order valence-electron chi connectivity index (χ1n) is 10.4. The van der Waals surface area contributed by atoms with E-state index in [9.17, 15) is 4.79 Å². The van der Waals surface area contributed by atoms with Gasteiger partial charge in [0.25, 0.3) is 5.56 Å². The Balaban J connectivity index is 1.25. The lowest BCUT2D eigenvalue weighted by Gasteiger charge is -2.40. The van der Waals surface area contributed by atoms with Crippen LogP contribution >= 0.6 is 0 Å². The molecule has 2 aromatic rings. The first-order valence-corrected chi connectivity index (χ1v) is 10.4. The van der Waals surface area contributed by atoms with E-state index in [4.69, 9.17) is 0 Å². The molecule has 0 amide bonds. The topological polar surface area (TPSA) is 63.9 Å². The second kappa shape index (κ2) is 6.73. The summed E-state index contributed by atoms with van der Waals surface area (Å²) in [7, 11) is 0. The van der Waals surface area contributed by atoms with Crippen molar-refractivity contribution < 1.29 is 0 Å². The lowest BCUT2D eigenvalue weighted by Crippen LogP contribution is -2.50. The van der Waals surface area contributed by atoms with Crippen LogP contribution in [0.2, 0.25) is 0 Å². The Kier molecular flexibility index (Phi) is 4.21. The minimum absolute atomic E-state index is 0.0525. The van der Waals surface area contributed by atoms with E-state index in [1.54, 1.807) is 4.68 Å². The largest absolute Gasteiger partial charge is 0.354 e. The van der Waals surface area contributed by atoms with Crippen LogP contribution in [0.5, 0.6) is 0 Å². The molecule has 1 fully saturated rings. The summed E-state index contributed by atoms with van der Waals surface area (Å²) in [5.74, 6) is 2.18. The van der Waals surface area contributed by atoms with E-state index in [0.717, 1.165) is 61.8 Å². The van der Waals surface area contributed by atoms with Crippen LogP contribution in [0.15, 0.2) is 16.9 Å². The van der Waals surface area contributed by atoms with Crippen LogP contribution in [0, 0.1) is 11.8 Å². The van der Waals surface area contributed by atoms with Gasteiger partial charge in [-0.3, -0.25) is 4.79 Å². The number of hydrogen-bond donors (Lipinski definition) is 0. The molecule has 2 aromatic heterocycles. The standard InChI is InChI=1S/C21H27N5O/c1-14-6-7-18-17(8-14)9-20(23-22-18)25-11-15(12-25)13-26-21(27)10-16-4-2-3-5-19(16)24-26/h9-10,14-15H,2-8,11-13H2,1H3. The minimum atomic E-state index is 0.0525. The Morgan fingerprint density at radius 3 is 2.78 bits per heavy atom. The Labute approximate surface area is 159 Å². The number of fused-ring (bicyclic) bond motifs is 2. The summed E-state index contributed by atoms with van der Waals surface area (Å²) in [4.78, 5) is 14.7. The van der Waals surface area contributed by atoms with E-state index in [-0.39, 0.29) is 5.56 Å². The van der Waals surface area contributed by atoms with Crippen LogP contribution < -0.4 is 10.5 Å². The monoisotopic (exact) mass is 365 g/mol. The zero-order chi connectivity index (χ0) is 18.4. The van der Waals surface area contributed by atoms with E-state index in [1.165, 1.54) is 30.5 Å². The van der Waals surface area contributed by atoms with Crippen LogP contribution in [-0.2, 0) is 32.2 Å². The zero-order valence-electron chi connectivity index (χ0n) is 16.0. The molecule has 0 N–H and O–H groups in total. The van der Waals surface area contributed by atoms with E-state index in [0.29, 0.717) is 12.5 Å². The van der Waals surface area contributed by atoms with Crippen LogP contribution in [0.3, 0.4) is 0 Å². The van der Waals surface area contributed by atoms with Crippen molar-refractivity contribution >= 4 is 5.82 Å². The maximum Gasteiger partial charge on any atom is 0.267 e. The molecule has 142 valence electrons. The third-order valence-corrected chi connectivity index (χ3v) is 6.38. The fraction of sp³-hybridized carbons (Fsp3) is 0.619. The molecular weight excluding hydrogens is 338 g/mol.